The standard InChI is InChI=1S/C10H14N.Sb/c1-3-11(4-2)10-8-6-5-7-9-10;/h5-8H,3-4H2,1-2H3;. The van der Waals surface area contributed by atoms with Crippen LogP contribution in [0.3, 0.4) is 0 Å². The van der Waals surface area contributed by atoms with Crippen molar-refractivity contribution in [3.63, 3.8) is 0 Å². The average molecular weight is 270 g/mol. The molecule has 1 nitrogen and oxygen atoms in total. The summed E-state index contributed by atoms with van der Waals surface area (Å²) < 4.78 is 1.41. The summed E-state index contributed by atoms with van der Waals surface area (Å²) in [7, 11) is 0. The Morgan fingerprint density at radius 2 is 1.75 bits per heavy atom. The van der Waals surface area contributed by atoms with Gasteiger partial charge in [0.25, 0.3) is 0 Å². The van der Waals surface area contributed by atoms with Gasteiger partial charge in [-0.25, -0.2) is 0 Å². The van der Waals surface area contributed by atoms with Gasteiger partial charge in [-0.1, -0.05) is 0 Å². The van der Waals surface area contributed by atoms with Crippen LogP contribution in [0.2, 0.25) is 0 Å². The molecule has 0 saturated heterocycles. The number of rotatable bonds is 3. The van der Waals surface area contributed by atoms with E-state index in [0.717, 1.165) is 13.1 Å². The van der Waals surface area contributed by atoms with E-state index in [1.165, 1.54) is 9.20 Å². The molecule has 0 heterocycles. The van der Waals surface area contributed by atoms with Gasteiger partial charge in [0.05, 0.1) is 0 Å². The molecular formula is C10H14NSb. The molecule has 1 aromatic rings. The Kier molecular flexibility index (Phi) is 3.94. The van der Waals surface area contributed by atoms with E-state index in [9.17, 15) is 0 Å². The first-order chi connectivity index (χ1) is 5.79. The van der Waals surface area contributed by atoms with Crippen molar-refractivity contribution >= 4 is 32.2 Å². The molecule has 64 valence electrons. The van der Waals surface area contributed by atoms with Crippen molar-refractivity contribution in [1.82, 2.24) is 0 Å². The third kappa shape index (κ3) is 2.17. The molecule has 0 aliphatic carbocycles. The van der Waals surface area contributed by atoms with Crippen molar-refractivity contribution in [2.24, 2.45) is 0 Å². The van der Waals surface area contributed by atoms with Gasteiger partial charge < -0.3 is 0 Å². The molecule has 0 spiro atoms. The van der Waals surface area contributed by atoms with Gasteiger partial charge in [-0.2, -0.15) is 0 Å². The van der Waals surface area contributed by atoms with Crippen LogP contribution < -0.4 is 8.41 Å². The number of hydrogen-bond donors (Lipinski definition) is 0. The Morgan fingerprint density at radius 3 is 2.25 bits per heavy atom. The summed E-state index contributed by atoms with van der Waals surface area (Å²) in [5.41, 5.74) is 1.39. The van der Waals surface area contributed by atoms with E-state index in [0.29, 0.717) is 0 Å². The Bertz CT molecular complexity index is 243. The molecule has 0 unspecified atom stereocenters. The molecule has 1 aromatic carbocycles. The number of anilines is 1. The van der Waals surface area contributed by atoms with Crippen LogP contribution in [0.4, 0.5) is 5.69 Å². The minimum atomic E-state index is 1.09. The zero-order valence-electron chi connectivity index (χ0n) is 7.62. The third-order valence-corrected chi connectivity index (χ3v) is 3.07. The predicted molar refractivity (Wildman–Crippen MR) is 55.4 cm³/mol. The normalized spacial score (nSPS) is 9.92. The number of nitrogens with zero attached hydrogens (tertiary/aromatic N) is 1. The average Bonchev–Trinajstić information content (AvgIpc) is 2.10. The SMILES string of the molecule is CCN(CC)c1cccc[c]1[Sb]. The summed E-state index contributed by atoms with van der Waals surface area (Å²) in [6.07, 6.45) is 0. The Labute approximate surface area is 88.3 Å². The minimum absolute atomic E-state index is 1.09. The second-order valence-electron chi connectivity index (χ2n) is 2.66. The van der Waals surface area contributed by atoms with Gasteiger partial charge in [-0.3, -0.25) is 0 Å². The monoisotopic (exact) mass is 269 g/mol. The predicted octanol–water partition coefficient (Wildman–Crippen LogP) is 1.33. The third-order valence-electron chi connectivity index (χ3n) is 1.99. The summed E-state index contributed by atoms with van der Waals surface area (Å²) in [6.45, 7) is 6.58. The van der Waals surface area contributed by atoms with E-state index in [1.54, 1.807) is 23.0 Å². The van der Waals surface area contributed by atoms with Crippen molar-refractivity contribution in [1.29, 1.82) is 0 Å². The van der Waals surface area contributed by atoms with Gasteiger partial charge in [0.2, 0.25) is 0 Å². The first-order valence-corrected chi connectivity index (χ1v) is 5.60. The first-order valence-electron chi connectivity index (χ1n) is 4.32. The van der Waals surface area contributed by atoms with Crippen LogP contribution in [-0.4, -0.2) is 36.1 Å². The van der Waals surface area contributed by atoms with Crippen molar-refractivity contribution in [2.75, 3.05) is 18.0 Å². The molecule has 0 fully saturated rings. The Balaban J connectivity index is 2.92. The molecule has 2 radical (unpaired) electrons. The van der Waals surface area contributed by atoms with Crippen molar-refractivity contribution < 1.29 is 0 Å². The molecule has 0 aliphatic rings. The maximum absolute atomic E-state index is 2.38. The van der Waals surface area contributed by atoms with Gasteiger partial charge in [0.1, 0.15) is 0 Å². The summed E-state index contributed by atoms with van der Waals surface area (Å²) in [5, 5.41) is 0. The van der Waals surface area contributed by atoms with Crippen LogP contribution in [0.15, 0.2) is 24.3 Å². The summed E-state index contributed by atoms with van der Waals surface area (Å²) in [6, 6.07) is 8.58. The van der Waals surface area contributed by atoms with Gasteiger partial charge in [-0.05, 0) is 0 Å². The fourth-order valence-corrected chi connectivity index (χ4v) is 2.16. The second-order valence-corrected chi connectivity index (χ2v) is 4.04. The Morgan fingerprint density at radius 1 is 1.17 bits per heavy atom. The van der Waals surface area contributed by atoms with Crippen LogP contribution in [0, 0.1) is 0 Å². The zero-order chi connectivity index (χ0) is 8.97. The van der Waals surface area contributed by atoms with Gasteiger partial charge in [-0.15, -0.1) is 0 Å². The molecule has 12 heavy (non-hydrogen) atoms. The van der Waals surface area contributed by atoms with Crippen LogP contribution in [0.25, 0.3) is 0 Å². The maximum atomic E-state index is 2.38. The topological polar surface area (TPSA) is 3.24 Å². The molecule has 1 rings (SSSR count). The van der Waals surface area contributed by atoms with Crippen LogP contribution in [0.1, 0.15) is 13.8 Å². The number of hydrogen-bond acceptors (Lipinski definition) is 1. The quantitative estimate of drug-likeness (QED) is 0.749. The van der Waals surface area contributed by atoms with E-state index in [2.05, 4.69) is 43.0 Å². The van der Waals surface area contributed by atoms with E-state index in [-0.39, 0.29) is 0 Å². The summed E-state index contributed by atoms with van der Waals surface area (Å²) in [5.74, 6) is 0. The van der Waals surface area contributed by atoms with E-state index in [4.69, 9.17) is 0 Å². The van der Waals surface area contributed by atoms with E-state index >= 15 is 0 Å². The van der Waals surface area contributed by atoms with Gasteiger partial charge in [0.15, 0.2) is 0 Å². The molecule has 0 saturated carbocycles. The van der Waals surface area contributed by atoms with E-state index in [1.807, 2.05) is 0 Å². The molecular weight excluding hydrogens is 256 g/mol. The van der Waals surface area contributed by atoms with Crippen molar-refractivity contribution in [3.05, 3.63) is 24.3 Å². The molecule has 0 atom stereocenters. The molecule has 0 aliphatic heterocycles. The first kappa shape index (κ1) is 9.92. The van der Waals surface area contributed by atoms with Gasteiger partial charge in [0, 0.05) is 0 Å². The number of benzene rings is 1. The van der Waals surface area contributed by atoms with Gasteiger partial charge >= 0.3 is 88.3 Å². The zero-order valence-corrected chi connectivity index (χ0v) is 10.2. The van der Waals surface area contributed by atoms with Crippen LogP contribution in [0.5, 0.6) is 0 Å². The van der Waals surface area contributed by atoms with Crippen LogP contribution in [-0.2, 0) is 0 Å². The molecule has 0 bridgehead atoms. The fraction of sp³-hybridized carbons (Fsp3) is 0.400. The van der Waals surface area contributed by atoms with Crippen LogP contribution >= 0.6 is 0 Å². The molecule has 0 N–H and O–H groups in total. The second kappa shape index (κ2) is 4.76. The fourth-order valence-electron chi connectivity index (χ4n) is 1.30. The molecule has 0 aromatic heterocycles. The molecule has 0 amide bonds. The van der Waals surface area contributed by atoms with E-state index < -0.39 is 0 Å². The number of para-hydroxylation sites is 1. The Hall–Kier alpha value is -0.162. The van der Waals surface area contributed by atoms with Crippen molar-refractivity contribution in [3.8, 4) is 0 Å². The molecule has 2 heteroatoms. The van der Waals surface area contributed by atoms with Crippen molar-refractivity contribution in [2.45, 2.75) is 13.8 Å². The summed E-state index contributed by atoms with van der Waals surface area (Å²) >= 11 is 1.79. The summed E-state index contributed by atoms with van der Waals surface area (Å²) in [4.78, 5) is 2.38.